The van der Waals surface area contributed by atoms with E-state index in [1.54, 1.807) is 6.07 Å². The number of nitrogens with zero attached hydrogens (tertiary/aromatic N) is 1. The molecule has 0 N–H and O–H groups in total. The zero-order chi connectivity index (χ0) is 21.0. The second-order valence-corrected chi connectivity index (χ2v) is 7.67. The van der Waals surface area contributed by atoms with Gasteiger partial charge >= 0.3 is 6.18 Å². The van der Waals surface area contributed by atoms with Crippen LogP contribution in [0.25, 0.3) is 16.7 Å². The second-order valence-electron chi connectivity index (χ2n) is 7.67. The van der Waals surface area contributed by atoms with Gasteiger partial charge < -0.3 is 0 Å². The van der Waals surface area contributed by atoms with Gasteiger partial charge in [0.15, 0.2) is 0 Å². The lowest BCUT2D eigenvalue weighted by Crippen LogP contribution is -2.30. The van der Waals surface area contributed by atoms with E-state index in [0.717, 1.165) is 44.1 Å². The van der Waals surface area contributed by atoms with E-state index in [4.69, 9.17) is 0 Å². The summed E-state index contributed by atoms with van der Waals surface area (Å²) in [5.74, 6) is 0. The summed E-state index contributed by atoms with van der Waals surface area (Å²) >= 11 is 0. The third-order valence-electron chi connectivity index (χ3n) is 5.60. The van der Waals surface area contributed by atoms with Crippen LogP contribution in [0.3, 0.4) is 0 Å². The number of halogens is 4. The van der Waals surface area contributed by atoms with Crippen LogP contribution >= 0.6 is 12.4 Å². The van der Waals surface area contributed by atoms with Gasteiger partial charge in [-0.3, -0.25) is 4.90 Å². The van der Waals surface area contributed by atoms with Crippen LogP contribution in [-0.4, -0.2) is 24.5 Å². The molecule has 162 valence electrons. The van der Waals surface area contributed by atoms with Gasteiger partial charge in [0.2, 0.25) is 0 Å². The molecule has 0 amide bonds. The maximum Gasteiger partial charge on any atom is 0.416 e. The Labute approximate surface area is 187 Å². The van der Waals surface area contributed by atoms with Crippen molar-refractivity contribution in [2.24, 2.45) is 0 Å². The van der Waals surface area contributed by atoms with Gasteiger partial charge in [-0.05, 0) is 52.8 Å². The van der Waals surface area contributed by atoms with E-state index in [9.17, 15) is 13.2 Å². The van der Waals surface area contributed by atoms with E-state index < -0.39 is 11.7 Å². The highest BCUT2D eigenvalue weighted by atomic mass is 35.5. The largest absolute Gasteiger partial charge is 0.416 e. The van der Waals surface area contributed by atoms with Crippen LogP contribution in [0.5, 0.6) is 0 Å². The molecule has 1 nitrogen and oxygen atoms in total. The van der Waals surface area contributed by atoms with Gasteiger partial charge in [0.1, 0.15) is 0 Å². The Bertz CT molecular complexity index is 1030. The molecule has 3 aromatic rings. The summed E-state index contributed by atoms with van der Waals surface area (Å²) in [5, 5.41) is 0. The zero-order valence-corrected chi connectivity index (χ0v) is 17.9. The highest BCUT2D eigenvalue weighted by molar-refractivity contribution is 5.85. The molecule has 0 atom stereocenters. The molecule has 1 aliphatic rings. The third kappa shape index (κ3) is 5.99. The second kappa shape index (κ2) is 10.2. The van der Waals surface area contributed by atoms with Crippen LogP contribution in [0.4, 0.5) is 13.2 Å². The van der Waals surface area contributed by atoms with Gasteiger partial charge in [-0.1, -0.05) is 72.8 Å². The molecule has 1 aliphatic heterocycles. The minimum atomic E-state index is -4.30. The molecule has 0 aromatic heterocycles. The predicted octanol–water partition coefficient (Wildman–Crippen LogP) is 7.13. The molecule has 0 radical (unpaired) electrons. The molecule has 4 rings (SSSR count). The number of hydrogen-bond acceptors (Lipinski definition) is 1. The molecule has 0 spiro atoms. The Balaban J connectivity index is 0.00000272. The molecule has 0 saturated carbocycles. The van der Waals surface area contributed by atoms with Crippen molar-refractivity contribution in [2.75, 3.05) is 19.6 Å². The van der Waals surface area contributed by atoms with E-state index in [-0.39, 0.29) is 12.4 Å². The van der Waals surface area contributed by atoms with Crippen LogP contribution < -0.4 is 0 Å². The lowest BCUT2D eigenvalue weighted by Gasteiger charge is -2.26. The quantitative estimate of drug-likeness (QED) is 0.405. The number of hydrogen-bond donors (Lipinski definition) is 0. The lowest BCUT2D eigenvalue weighted by atomic mass is 9.97. The van der Waals surface area contributed by atoms with Crippen molar-refractivity contribution >= 4 is 18.0 Å². The summed E-state index contributed by atoms with van der Waals surface area (Å²) in [4.78, 5) is 2.35. The van der Waals surface area contributed by atoms with Crippen molar-refractivity contribution in [3.63, 3.8) is 0 Å². The van der Waals surface area contributed by atoms with E-state index in [2.05, 4.69) is 47.4 Å². The van der Waals surface area contributed by atoms with Gasteiger partial charge in [0.05, 0.1) is 5.56 Å². The molecule has 0 aliphatic carbocycles. The summed E-state index contributed by atoms with van der Waals surface area (Å²) in [6, 6.07) is 24.6. The smallest absolute Gasteiger partial charge is 0.299 e. The zero-order valence-electron chi connectivity index (χ0n) is 17.1. The van der Waals surface area contributed by atoms with Crippen LogP contribution in [0.1, 0.15) is 23.1 Å². The van der Waals surface area contributed by atoms with Crippen molar-refractivity contribution in [1.29, 1.82) is 0 Å². The average molecular weight is 444 g/mol. The van der Waals surface area contributed by atoms with Crippen LogP contribution in [0, 0.1) is 0 Å². The Morgan fingerprint density at radius 3 is 2.19 bits per heavy atom. The van der Waals surface area contributed by atoms with Gasteiger partial charge in [-0.25, -0.2) is 0 Å². The number of alkyl halides is 3. The van der Waals surface area contributed by atoms with E-state index in [1.165, 1.54) is 28.8 Å². The molecule has 0 bridgehead atoms. The first kappa shape index (κ1) is 23.1. The topological polar surface area (TPSA) is 3.24 Å². The fraction of sp³-hybridized carbons (Fsp3) is 0.231. The first-order chi connectivity index (χ1) is 14.5. The first-order valence-corrected chi connectivity index (χ1v) is 10.2. The van der Waals surface area contributed by atoms with Gasteiger partial charge in [0.25, 0.3) is 0 Å². The standard InChI is InChI=1S/C26H24F3N.ClH/c27-26(28,29)25-11-5-10-24(19-25)22-13-16-30(17-14-22)15-12-20-6-4-9-23(18-20)21-7-2-1-3-8-21;/h1-11,13,18-19H,12,14-17H2;1H. The Hall–Kier alpha value is -2.56. The van der Waals surface area contributed by atoms with Gasteiger partial charge in [-0.2, -0.15) is 13.2 Å². The van der Waals surface area contributed by atoms with E-state index >= 15 is 0 Å². The van der Waals surface area contributed by atoms with Crippen LogP contribution in [0.15, 0.2) is 84.9 Å². The Morgan fingerprint density at radius 1 is 0.774 bits per heavy atom. The minimum absolute atomic E-state index is 0. The maximum atomic E-state index is 13.0. The molecule has 0 fully saturated rings. The number of rotatable bonds is 5. The molecule has 1 heterocycles. The van der Waals surface area contributed by atoms with Gasteiger partial charge in [-0.15, -0.1) is 12.4 Å². The average Bonchev–Trinajstić information content (AvgIpc) is 2.78. The highest BCUT2D eigenvalue weighted by Gasteiger charge is 2.30. The monoisotopic (exact) mass is 443 g/mol. The maximum absolute atomic E-state index is 13.0. The predicted molar refractivity (Wildman–Crippen MR) is 123 cm³/mol. The minimum Gasteiger partial charge on any atom is -0.299 e. The van der Waals surface area contributed by atoms with Crippen molar-refractivity contribution < 1.29 is 13.2 Å². The molecular formula is C26H25ClF3N. The molecule has 0 unspecified atom stereocenters. The Morgan fingerprint density at radius 2 is 1.48 bits per heavy atom. The van der Waals surface area contributed by atoms with Crippen molar-refractivity contribution in [2.45, 2.75) is 19.0 Å². The van der Waals surface area contributed by atoms with Crippen molar-refractivity contribution in [3.8, 4) is 11.1 Å². The SMILES string of the molecule is Cl.FC(F)(F)c1cccc(C2=CCN(CCc3cccc(-c4ccccc4)c3)CC2)c1. The summed E-state index contributed by atoms with van der Waals surface area (Å²) in [7, 11) is 0. The molecule has 31 heavy (non-hydrogen) atoms. The summed E-state index contributed by atoms with van der Waals surface area (Å²) in [6.45, 7) is 2.56. The van der Waals surface area contributed by atoms with Crippen LogP contribution in [0.2, 0.25) is 0 Å². The van der Waals surface area contributed by atoms with E-state index in [1.807, 2.05) is 18.2 Å². The van der Waals surface area contributed by atoms with Crippen molar-refractivity contribution in [3.05, 3.63) is 102 Å². The highest BCUT2D eigenvalue weighted by Crippen LogP contribution is 2.32. The fourth-order valence-electron chi connectivity index (χ4n) is 3.90. The number of benzene rings is 3. The van der Waals surface area contributed by atoms with E-state index in [0.29, 0.717) is 5.56 Å². The molecule has 5 heteroatoms. The van der Waals surface area contributed by atoms with Crippen molar-refractivity contribution in [1.82, 2.24) is 4.90 Å². The van der Waals surface area contributed by atoms with Gasteiger partial charge in [0, 0.05) is 19.6 Å². The normalized spacial score (nSPS) is 14.6. The summed E-state index contributed by atoms with van der Waals surface area (Å²) < 4.78 is 38.9. The third-order valence-corrected chi connectivity index (χ3v) is 5.60. The molecule has 0 saturated heterocycles. The fourth-order valence-corrected chi connectivity index (χ4v) is 3.90. The molecule has 3 aromatic carbocycles. The Kier molecular flexibility index (Phi) is 7.58. The van der Waals surface area contributed by atoms with Crippen LogP contribution in [-0.2, 0) is 12.6 Å². The summed E-state index contributed by atoms with van der Waals surface area (Å²) in [5.41, 5.74) is 4.83. The first-order valence-electron chi connectivity index (χ1n) is 10.2. The molecular weight excluding hydrogens is 419 g/mol. The lowest BCUT2D eigenvalue weighted by molar-refractivity contribution is -0.137. The summed E-state index contributed by atoms with van der Waals surface area (Å²) in [6.07, 6.45) is -0.510.